The van der Waals surface area contributed by atoms with Crippen molar-refractivity contribution in [2.75, 3.05) is 32.9 Å². The van der Waals surface area contributed by atoms with Gasteiger partial charge in [-0.05, 0) is 31.4 Å². The van der Waals surface area contributed by atoms with E-state index in [4.69, 9.17) is 0 Å². The molecule has 0 radical (unpaired) electrons. The molecule has 0 amide bonds. The third-order valence-corrected chi connectivity index (χ3v) is 5.25. The molecule has 0 spiro atoms. The Labute approximate surface area is 169 Å². The Bertz CT molecular complexity index is 663. The quantitative estimate of drug-likeness (QED) is 0.258. The van der Waals surface area contributed by atoms with Crippen molar-refractivity contribution in [1.29, 1.82) is 0 Å². The molecule has 0 aromatic heterocycles. The van der Waals surface area contributed by atoms with Crippen LogP contribution in [0.5, 0.6) is 0 Å². The van der Waals surface area contributed by atoms with Crippen LogP contribution in [0.4, 0.5) is 0 Å². The fourth-order valence-electron chi connectivity index (χ4n) is 2.46. The van der Waals surface area contributed by atoms with Gasteiger partial charge in [0.1, 0.15) is 0 Å². The monoisotopic (exact) mass is 482 g/mol. The van der Waals surface area contributed by atoms with Crippen LogP contribution in [0.1, 0.15) is 30.0 Å². The summed E-state index contributed by atoms with van der Waals surface area (Å²) in [5, 5.41) is 6.50. The van der Waals surface area contributed by atoms with E-state index in [0.717, 1.165) is 12.4 Å². The fraction of sp³-hybridized carbons (Fsp3) is 0.588. The number of sulfonamides is 1. The molecule has 25 heavy (non-hydrogen) atoms. The Morgan fingerprint density at radius 1 is 1.24 bits per heavy atom. The minimum atomic E-state index is -3.12. The molecule has 0 unspecified atom stereocenters. The molecule has 1 aromatic rings. The summed E-state index contributed by atoms with van der Waals surface area (Å²) in [6.07, 6.45) is 1.97. The van der Waals surface area contributed by atoms with Gasteiger partial charge in [-0.15, -0.1) is 24.0 Å². The van der Waals surface area contributed by atoms with E-state index in [0.29, 0.717) is 26.2 Å². The maximum atomic E-state index is 11.5. The molecule has 0 heterocycles. The molecule has 6 nitrogen and oxygen atoms in total. The molecule has 0 fully saturated rings. The highest BCUT2D eigenvalue weighted by Gasteiger charge is 2.13. The van der Waals surface area contributed by atoms with Crippen LogP contribution in [-0.4, -0.2) is 51.6 Å². The summed E-state index contributed by atoms with van der Waals surface area (Å²) >= 11 is 0. The van der Waals surface area contributed by atoms with Crippen LogP contribution < -0.4 is 10.6 Å². The number of aryl methyl sites for hydroxylation is 2. The zero-order chi connectivity index (χ0) is 18.2. The van der Waals surface area contributed by atoms with Gasteiger partial charge in [0.25, 0.3) is 0 Å². The smallest absolute Gasteiger partial charge is 0.211 e. The highest BCUT2D eigenvalue weighted by molar-refractivity contribution is 14.0. The van der Waals surface area contributed by atoms with E-state index in [1.807, 2.05) is 6.92 Å². The third kappa shape index (κ3) is 8.87. The molecule has 0 aliphatic carbocycles. The van der Waals surface area contributed by atoms with Crippen molar-refractivity contribution >= 4 is 40.0 Å². The first-order valence-corrected chi connectivity index (χ1v) is 10.1. The van der Waals surface area contributed by atoms with Crippen molar-refractivity contribution in [1.82, 2.24) is 14.9 Å². The van der Waals surface area contributed by atoms with E-state index >= 15 is 0 Å². The van der Waals surface area contributed by atoms with Crippen molar-refractivity contribution in [2.45, 2.75) is 33.7 Å². The normalized spacial score (nSPS) is 12.0. The molecular weight excluding hydrogens is 451 g/mol. The largest absolute Gasteiger partial charge is 0.356 e. The van der Waals surface area contributed by atoms with Crippen molar-refractivity contribution < 1.29 is 8.42 Å². The van der Waals surface area contributed by atoms with Crippen LogP contribution >= 0.6 is 24.0 Å². The maximum absolute atomic E-state index is 11.5. The summed E-state index contributed by atoms with van der Waals surface area (Å²) < 4.78 is 24.5. The van der Waals surface area contributed by atoms with Crippen molar-refractivity contribution in [3.8, 4) is 0 Å². The third-order valence-electron chi connectivity index (χ3n) is 3.87. The van der Waals surface area contributed by atoms with Crippen molar-refractivity contribution in [3.63, 3.8) is 0 Å². The molecule has 0 atom stereocenters. The number of nitrogens with zero attached hydrogens (tertiary/aromatic N) is 2. The van der Waals surface area contributed by atoms with Crippen LogP contribution in [0.15, 0.2) is 23.2 Å². The van der Waals surface area contributed by atoms with Gasteiger partial charge in [0.15, 0.2) is 5.96 Å². The molecular formula is C17H31IN4O2S. The van der Waals surface area contributed by atoms with E-state index in [2.05, 4.69) is 47.7 Å². The average Bonchev–Trinajstić information content (AvgIpc) is 2.50. The number of benzene rings is 1. The predicted octanol–water partition coefficient (Wildman–Crippen LogP) is 2.26. The van der Waals surface area contributed by atoms with Crippen molar-refractivity contribution in [3.05, 3.63) is 34.9 Å². The van der Waals surface area contributed by atoms with Gasteiger partial charge in [0.05, 0.1) is 6.26 Å². The Hall–Kier alpha value is -0.870. The Balaban J connectivity index is 0.00000576. The molecule has 0 aliphatic heterocycles. The summed E-state index contributed by atoms with van der Waals surface area (Å²) in [4.78, 5) is 4.20. The molecule has 144 valence electrons. The molecule has 0 saturated heterocycles. The highest BCUT2D eigenvalue weighted by Crippen LogP contribution is 2.09. The summed E-state index contributed by atoms with van der Waals surface area (Å²) in [6, 6.07) is 6.39. The van der Waals surface area contributed by atoms with E-state index in [-0.39, 0.29) is 24.0 Å². The van der Waals surface area contributed by atoms with E-state index < -0.39 is 10.0 Å². The number of hydrogen-bond donors (Lipinski definition) is 2. The van der Waals surface area contributed by atoms with Crippen LogP contribution in [0.2, 0.25) is 0 Å². The van der Waals surface area contributed by atoms with Crippen LogP contribution in [0.3, 0.4) is 0 Å². The van der Waals surface area contributed by atoms with Crippen molar-refractivity contribution in [2.24, 2.45) is 4.99 Å². The second-order valence-electron chi connectivity index (χ2n) is 5.89. The first-order valence-electron chi connectivity index (χ1n) is 8.23. The Morgan fingerprint density at radius 2 is 1.92 bits per heavy atom. The first-order chi connectivity index (χ1) is 11.3. The summed E-state index contributed by atoms with van der Waals surface area (Å²) in [6.45, 7) is 8.41. The Kier molecular flexibility index (Phi) is 11.3. The van der Waals surface area contributed by atoms with E-state index in [1.165, 1.54) is 27.3 Å². The van der Waals surface area contributed by atoms with E-state index in [1.54, 1.807) is 7.05 Å². The Morgan fingerprint density at radius 3 is 2.44 bits per heavy atom. The lowest BCUT2D eigenvalue weighted by molar-refractivity contribution is 0.424. The maximum Gasteiger partial charge on any atom is 0.211 e. The lowest BCUT2D eigenvalue weighted by Crippen LogP contribution is -2.39. The lowest BCUT2D eigenvalue weighted by atomic mass is 10.1. The van der Waals surface area contributed by atoms with Gasteiger partial charge in [-0.3, -0.25) is 4.99 Å². The number of rotatable bonds is 8. The van der Waals surface area contributed by atoms with Gasteiger partial charge in [0.2, 0.25) is 10.0 Å². The topological polar surface area (TPSA) is 73.8 Å². The van der Waals surface area contributed by atoms with Crippen LogP contribution in [0, 0.1) is 13.8 Å². The second kappa shape index (κ2) is 11.7. The zero-order valence-corrected chi connectivity index (χ0v) is 18.9. The van der Waals surface area contributed by atoms with Gasteiger partial charge in [-0.2, -0.15) is 0 Å². The van der Waals surface area contributed by atoms with Gasteiger partial charge in [-0.1, -0.05) is 30.7 Å². The molecule has 1 rings (SSSR count). The second-order valence-corrected chi connectivity index (χ2v) is 7.87. The summed E-state index contributed by atoms with van der Waals surface area (Å²) in [7, 11) is -1.39. The first kappa shape index (κ1) is 24.1. The molecule has 2 N–H and O–H groups in total. The molecule has 0 saturated carbocycles. The van der Waals surface area contributed by atoms with Gasteiger partial charge in [-0.25, -0.2) is 12.7 Å². The minimum absolute atomic E-state index is 0. The van der Waals surface area contributed by atoms with Crippen LogP contribution in [0.25, 0.3) is 0 Å². The van der Waals surface area contributed by atoms with Gasteiger partial charge < -0.3 is 10.6 Å². The predicted molar refractivity (Wildman–Crippen MR) is 116 cm³/mol. The number of nitrogens with one attached hydrogen (secondary N) is 2. The highest BCUT2D eigenvalue weighted by atomic mass is 127. The number of aliphatic imine (C=N–C) groups is 1. The summed E-state index contributed by atoms with van der Waals surface area (Å²) in [5.74, 6) is 0.720. The SMILES string of the molecule is CCN(CCCNC(=NC)NCc1ccc(C)cc1C)S(C)(=O)=O.I. The number of guanidine groups is 1. The number of hydrogen-bond acceptors (Lipinski definition) is 3. The zero-order valence-electron chi connectivity index (χ0n) is 15.8. The molecule has 8 heteroatoms. The fourth-order valence-corrected chi connectivity index (χ4v) is 3.39. The molecule has 1 aromatic carbocycles. The molecule has 0 bridgehead atoms. The van der Waals surface area contributed by atoms with Crippen LogP contribution in [-0.2, 0) is 16.6 Å². The van der Waals surface area contributed by atoms with Gasteiger partial charge >= 0.3 is 0 Å². The number of halogens is 1. The average molecular weight is 482 g/mol. The standard InChI is InChI=1S/C17H30N4O2S.HI/c1-6-21(24(5,22)23)11-7-10-19-17(18-4)20-13-16-9-8-14(2)12-15(16)3;/h8-9,12H,6-7,10-11,13H2,1-5H3,(H2,18,19,20);1H. The minimum Gasteiger partial charge on any atom is -0.356 e. The van der Waals surface area contributed by atoms with E-state index in [9.17, 15) is 8.42 Å². The van der Waals surface area contributed by atoms with Gasteiger partial charge in [0, 0.05) is 33.2 Å². The lowest BCUT2D eigenvalue weighted by Gasteiger charge is -2.18. The summed E-state index contributed by atoms with van der Waals surface area (Å²) in [5.41, 5.74) is 3.74. The molecule has 0 aliphatic rings.